The van der Waals surface area contributed by atoms with Crippen LogP contribution in [0.5, 0.6) is 17.2 Å². The first-order valence-electron chi connectivity index (χ1n) is 12.4. The lowest BCUT2D eigenvalue weighted by Gasteiger charge is -2.12. The van der Waals surface area contributed by atoms with Gasteiger partial charge in [0.15, 0.2) is 0 Å². The Morgan fingerprint density at radius 2 is 1.76 bits per heavy atom. The zero-order valence-electron chi connectivity index (χ0n) is 22.4. The second-order valence-corrected chi connectivity index (χ2v) is 9.00. The molecule has 7 nitrogen and oxygen atoms in total. The van der Waals surface area contributed by atoms with Gasteiger partial charge in [0.2, 0.25) is 5.91 Å². The van der Waals surface area contributed by atoms with E-state index in [1.807, 2.05) is 92.2 Å². The van der Waals surface area contributed by atoms with Crippen LogP contribution in [0.2, 0.25) is 0 Å². The van der Waals surface area contributed by atoms with Gasteiger partial charge >= 0.3 is 0 Å². The van der Waals surface area contributed by atoms with Gasteiger partial charge in [-0.15, -0.1) is 0 Å². The molecule has 0 saturated heterocycles. The van der Waals surface area contributed by atoms with E-state index >= 15 is 0 Å². The van der Waals surface area contributed by atoms with E-state index in [1.165, 1.54) is 6.08 Å². The largest absolute Gasteiger partial charge is 0.497 e. The molecule has 0 aliphatic rings. The van der Waals surface area contributed by atoms with Crippen molar-refractivity contribution in [3.05, 3.63) is 106 Å². The van der Waals surface area contributed by atoms with Crippen LogP contribution in [0.4, 0.5) is 5.69 Å². The predicted molar refractivity (Wildman–Crippen MR) is 150 cm³/mol. The Hall–Kier alpha value is -4.52. The maximum atomic E-state index is 12.8. The van der Waals surface area contributed by atoms with Crippen molar-refractivity contribution >= 4 is 17.7 Å². The second kappa shape index (κ2) is 12.1. The third-order valence-electron chi connectivity index (χ3n) is 6.30. The van der Waals surface area contributed by atoms with Crippen LogP contribution in [-0.2, 0) is 17.9 Å². The number of aromatic nitrogens is 2. The van der Waals surface area contributed by atoms with Crippen LogP contribution < -0.4 is 19.5 Å². The van der Waals surface area contributed by atoms with Crippen LogP contribution >= 0.6 is 0 Å². The van der Waals surface area contributed by atoms with Crippen LogP contribution in [0, 0.1) is 20.8 Å². The first-order valence-corrected chi connectivity index (χ1v) is 12.4. The lowest BCUT2D eigenvalue weighted by Crippen LogP contribution is -2.10. The summed E-state index contributed by atoms with van der Waals surface area (Å²) < 4.78 is 18.7. The standard InChI is InChI=1S/C31H33N3O4/c1-21-9-6-7-12-28(21)38-20-26-17-24(13-15-29(26)37-5)14-16-30(35)32-31-22(2)33-34(23(31)3)19-25-10-8-11-27(18-25)36-4/h6-18H,19-20H2,1-5H3,(H,32,35)/b16-14+. The number of benzene rings is 3. The molecule has 0 unspecified atom stereocenters. The molecule has 0 atom stereocenters. The fourth-order valence-electron chi connectivity index (χ4n) is 4.20. The fraction of sp³-hybridized carbons (Fsp3) is 0.226. The van der Waals surface area contributed by atoms with Gasteiger partial charge in [-0.3, -0.25) is 9.48 Å². The number of hydrogen-bond donors (Lipinski definition) is 1. The second-order valence-electron chi connectivity index (χ2n) is 9.00. The van der Waals surface area contributed by atoms with Crippen molar-refractivity contribution in [2.75, 3.05) is 19.5 Å². The quantitative estimate of drug-likeness (QED) is 0.260. The molecule has 1 N–H and O–H groups in total. The van der Waals surface area contributed by atoms with Crippen molar-refractivity contribution in [3.63, 3.8) is 0 Å². The number of hydrogen-bond acceptors (Lipinski definition) is 5. The average molecular weight is 512 g/mol. The number of anilines is 1. The molecule has 3 aromatic carbocycles. The number of ether oxygens (including phenoxy) is 3. The number of nitrogens with one attached hydrogen (secondary N) is 1. The number of amides is 1. The SMILES string of the molecule is COc1cccc(Cn2nc(C)c(NC(=O)/C=C/c3ccc(OC)c(COc4ccccc4C)c3)c2C)c1. The van der Waals surface area contributed by atoms with Crippen LogP contribution in [0.3, 0.4) is 0 Å². The van der Waals surface area contributed by atoms with Crippen LogP contribution in [0.1, 0.15) is 33.6 Å². The molecule has 4 rings (SSSR count). The number of methoxy groups -OCH3 is 2. The fourth-order valence-corrected chi connectivity index (χ4v) is 4.20. The monoisotopic (exact) mass is 511 g/mol. The highest BCUT2D eigenvalue weighted by Gasteiger charge is 2.14. The van der Waals surface area contributed by atoms with E-state index < -0.39 is 0 Å². The molecule has 0 aliphatic heterocycles. The van der Waals surface area contributed by atoms with Gasteiger partial charge in [0, 0.05) is 11.6 Å². The Bertz CT molecular complexity index is 1460. The first kappa shape index (κ1) is 26.5. The summed E-state index contributed by atoms with van der Waals surface area (Å²) in [6.45, 7) is 6.78. The topological polar surface area (TPSA) is 74.6 Å². The number of carbonyl (C=O) groups is 1. The lowest BCUT2D eigenvalue weighted by atomic mass is 10.1. The van der Waals surface area contributed by atoms with Gasteiger partial charge in [-0.2, -0.15) is 5.10 Å². The van der Waals surface area contributed by atoms with Crippen molar-refractivity contribution < 1.29 is 19.0 Å². The van der Waals surface area contributed by atoms with Gasteiger partial charge < -0.3 is 19.5 Å². The molecule has 7 heteroatoms. The summed E-state index contributed by atoms with van der Waals surface area (Å²) in [5.41, 5.74) is 6.24. The highest BCUT2D eigenvalue weighted by molar-refractivity contribution is 6.02. The number of rotatable bonds is 10. The van der Waals surface area contributed by atoms with Crippen molar-refractivity contribution in [1.29, 1.82) is 0 Å². The van der Waals surface area contributed by atoms with Crippen LogP contribution in [0.15, 0.2) is 72.8 Å². The van der Waals surface area contributed by atoms with E-state index in [1.54, 1.807) is 20.3 Å². The molecular weight excluding hydrogens is 478 g/mol. The van der Waals surface area contributed by atoms with Crippen molar-refractivity contribution in [3.8, 4) is 17.2 Å². The number of para-hydroxylation sites is 1. The highest BCUT2D eigenvalue weighted by atomic mass is 16.5. The molecule has 0 saturated carbocycles. The zero-order valence-corrected chi connectivity index (χ0v) is 22.4. The lowest BCUT2D eigenvalue weighted by molar-refractivity contribution is -0.111. The number of nitrogens with zero attached hydrogens (tertiary/aromatic N) is 2. The molecule has 1 amide bonds. The van der Waals surface area contributed by atoms with Gasteiger partial charge in [-0.05, 0) is 73.9 Å². The summed E-state index contributed by atoms with van der Waals surface area (Å²) in [5.74, 6) is 2.12. The minimum absolute atomic E-state index is 0.231. The van der Waals surface area contributed by atoms with Gasteiger partial charge in [0.05, 0.1) is 37.8 Å². The predicted octanol–water partition coefficient (Wildman–Crippen LogP) is 6.10. The van der Waals surface area contributed by atoms with E-state index in [9.17, 15) is 4.79 Å². The van der Waals surface area contributed by atoms with Crippen molar-refractivity contribution in [2.24, 2.45) is 0 Å². The summed E-state index contributed by atoms with van der Waals surface area (Å²) in [6, 6.07) is 21.5. The Morgan fingerprint density at radius 1 is 0.947 bits per heavy atom. The molecule has 196 valence electrons. The molecular formula is C31H33N3O4. The van der Waals surface area contributed by atoms with Gasteiger partial charge in [-0.1, -0.05) is 36.4 Å². The third kappa shape index (κ3) is 6.42. The number of aryl methyl sites for hydroxylation is 2. The minimum Gasteiger partial charge on any atom is -0.497 e. The molecule has 1 heterocycles. The van der Waals surface area contributed by atoms with Crippen LogP contribution in [0.25, 0.3) is 6.08 Å². The maximum absolute atomic E-state index is 12.8. The molecule has 0 spiro atoms. The maximum Gasteiger partial charge on any atom is 0.248 e. The summed E-state index contributed by atoms with van der Waals surface area (Å²) >= 11 is 0. The van der Waals surface area contributed by atoms with E-state index in [-0.39, 0.29) is 5.91 Å². The summed E-state index contributed by atoms with van der Waals surface area (Å²) in [6.07, 6.45) is 3.30. The Morgan fingerprint density at radius 3 is 2.53 bits per heavy atom. The minimum atomic E-state index is -0.231. The van der Waals surface area contributed by atoms with E-state index in [0.29, 0.717) is 18.8 Å². The van der Waals surface area contributed by atoms with Gasteiger partial charge in [-0.25, -0.2) is 0 Å². The summed E-state index contributed by atoms with van der Waals surface area (Å²) in [5, 5.41) is 7.61. The first-order chi connectivity index (χ1) is 18.4. The molecule has 0 radical (unpaired) electrons. The summed E-state index contributed by atoms with van der Waals surface area (Å²) in [4.78, 5) is 12.8. The zero-order chi connectivity index (χ0) is 27.1. The molecule has 0 aliphatic carbocycles. The van der Waals surface area contributed by atoms with Gasteiger partial charge in [0.25, 0.3) is 0 Å². The Labute approximate surface area is 223 Å². The third-order valence-corrected chi connectivity index (χ3v) is 6.30. The Kier molecular flexibility index (Phi) is 8.48. The molecule has 1 aromatic heterocycles. The normalized spacial score (nSPS) is 11.0. The summed E-state index contributed by atoms with van der Waals surface area (Å²) in [7, 11) is 3.28. The van der Waals surface area contributed by atoms with E-state index in [0.717, 1.165) is 50.9 Å². The van der Waals surface area contributed by atoms with Crippen LogP contribution in [-0.4, -0.2) is 29.9 Å². The van der Waals surface area contributed by atoms with E-state index in [2.05, 4.69) is 10.4 Å². The molecule has 0 bridgehead atoms. The van der Waals surface area contributed by atoms with Crippen molar-refractivity contribution in [2.45, 2.75) is 33.9 Å². The van der Waals surface area contributed by atoms with Crippen molar-refractivity contribution in [1.82, 2.24) is 9.78 Å². The average Bonchev–Trinajstić information content (AvgIpc) is 3.18. The van der Waals surface area contributed by atoms with E-state index in [4.69, 9.17) is 14.2 Å². The highest BCUT2D eigenvalue weighted by Crippen LogP contribution is 2.25. The smallest absolute Gasteiger partial charge is 0.248 e. The molecule has 4 aromatic rings. The van der Waals surface area contributed by atoms with Gasteiger partial charge in [0.1, 0.15) is 23.9 Å². The number of carbonyl (C=O) groups excluding carboxylic acids is 1. The Balaban J connectivity index is 1.44. The molecule has 38 heavy (non-hydrogen) atoms. The molecule has 0 fully saturated rings.